The maximum Gasteiger partial charge on any atom is 0.259 e. The summed E-state index contributed by atoms with van der Waals surface area (Å²) >= 11 is 13.5. The minimum Gasteiger partial charge on any atom is -0.338 e. The van der Waals surface area contributed by atoms with E-state index in [2.05, 4.69) is 5.32 Å². The Morgan fingerprint density at radius 2 is 1.50 bits per heavy atom. The van der Waals surface area contributed by atoms with Crippen molar-refractivity contribution in [1.29, 1.82) is 0 Å². The van der Waals surface area contributed by atoms with E-state index in [-0.39, 0.29) is 5.91 Å². The Morgan fingerprint density at radius 3 is 2.18 bits per heavy atom. The number of aryl methyl sites for hydroxylation is 1. The molecule has 4 rings (SSSR count). The number of amides is 1. The molecule has 0 unspecified atom stereocenters. The molecule has 0 saturated heterocycles. The summed E-state index contributed by atoms with van der Waals surface area (Å²) in [5.74, 6) is -0.157. The van der Waals surface area contributed by atoms with Gasteiger partial charge >= 0.3 is 0 Å². The molecule has 0 bridgehead atoms. The van der Waals surface area contributed by atoms with Crippen LogP contribution in [0.15, 0.2) is 82.7 Å². The molecule has 1 N–H and O–H groups in total. The number of halogens is 2. The fourth-order valence-electron chi connectivity index (χ4n) is 3.05. The standard InChI is InChI=1S/C22H16Cl2N2OS/c1-26-19-5-3-2-4-18(19)20(21(27)25-16-10-6-14(23)7-11-16)22(26)28-17-12-8-15(24)9-13-17/h2-13H,1H3,(H,25,27). The topological polar surface area (TPSA) is 34.0 Å². The van der Waals surface area contributed by atoms with Gasteiger partial charge in [0.05, 0.1) is 10.6 Å². The normalized spacial score (nSPS) is 11.0. The predicted octanol–water partition coefficient (Wildman–Crippen LogP) is 6.89. The highest BCUT2D eigenvalue weighted by molar-refractivity contribution is 7.99. The summed E-state index contributed by atoms with van der Waals surface area (Å²) < 4.78 is 2.05. The van der Waals surface area contributed by atoms with Gasteiger partial charge in [-0.05, 0) is 54.6 Å². The third-order valence-electron chi connectivity index (χ3n) is 4.41. The van der Waals surface area contributed by atoms with Crippen LogP contribution in [-0.4, -0.2) is 10.5 Å². The number of hydrogen-bond donors (Lipinski definition) is 1. The van der Waals surface area contributed by atoms with Gasteiger partial charge in [0, 0.05) is 38.6 Å². The summed E-state index contributed by atoms with van der Waals surface area (Å²) in [5.41, 5.74) is 2.35. The number of para-hydroxylation sites is 1. The molecule has 0 atom stereocenters. The lowest BCUT2D eigenvalue weighted by Crippen LogP contribution is -2.12. The first-order chi connectivity index (χ1) is 13.5. The molecule has 0 aliphatic heterocycles. The lowest BCUT2D eigenvalue weighted by molar-refractivity contribution is 0.102. The minimum atomic E-state index is -0.157. The van der Waals surface area contributed by atoms with Crippen molar-refractivity contribution in [3.8, 4) is 0 Å². The zero-order chi connectivity index (χ0) is 19.7. The largest absolute Gasteiger partial charge is 0.338 e. The number of nitrogens with one attached hydrogen (secondary N) is 1. The van der Waals surface area contributed by atoms with Crippen molar-refractivity contribution in [3.05, 3.63) is 88.4 Å². The monoisotopic (exact) mass is 426 g/mol. The Labute approximate surface area is 177 Å². The first-order valence-electron chi connectivity index (χ1n) is 8.60. The van der Waals surface area contributed by atoms with Crippen molar-refractivity contribution >= 4 is 57.5 Å². The van der Waals surface area contributed by atoms with Crippen LogP contribution >= 0.6 is 35.0 Å². The van der Waals surface area contributed by atoms with Crippen LogP contribution in [0, 0.1) is 0 Å². The van der Waals surface area contributed by atoms with E-state index in [1.165, 1.54) is 11.8 Å². The highest BCUT2D eigenvalue weighted by Gasteiger charge is 2.22. The molecular formula is C22H16Cl2N2OS. The molecule has 1 amide bonds. The number of carbonyl (C=O) groups excluding carboxylic acids is 1. The van der Waals surface area contributed by atoms with Crippen molar-refractivity contribution < 1.29 is 4.79 Å². The molecule has 3 nitrogen and oxygen atoms in total. The second kappa shape index (κ2) is 7.92. The molecule has 1 heterocycles. The maximum absolute atomic E-state index is 13.2. The average molecular weight is 427 g/mol. The van der Waals surface area contributed by atoms with Crippen LogP contribution in [0.4, 0.5) is 5.69 Å². The van der Waals surface area contributed by atoms with Crippen molar-refractivity contribution in [1.82, 2.24) is 4.57 Å². The number of fused-ring (bicyclic) bond motifs is 1. The van der Waals surface area contributed by atoms with E-state index in [1.807, 2.05) is 60.1 Å². The Hall–Kier alpha value is -2.40. The van der Waals surface area contributed by atoms with Crippen LogP contribution in [0.2, 0.25) is 10.0 Å². The molecule has 0 aliphatic carbocycles. The van der Waals surface area contributed by atoms with Crippen molar-refractivity contribution in [2.45, 2.75) is 9.92 Å². The van der Waals surface area contributed by atoms with Gasteiger partial charge in [0.1, 0.15) is 0 Å². The van der Waals surface area contributed by atoms with E-state index >= 15 is 0 Å². The van der Waals surface area contributed by atoms with Gasteiger partial charge in [0.2, 0.25) is 0 Å². The second-order valence-corrected chi connectivity index (χ2v) is 8.21. The van der Waals surface area contributed by atoms with E-state index in [0.717, 1.165) is 20.8 Å². The highest BCUT2D eigenvalue weighted by atomic mass is 35.5. The fraction of sp³-hybridized carbons (Fsp3) is 0.0455. The molecule has 0 aliphatic rings. The van der Waals surface area contributed by atoms with Crippen molar-refractivity contribution in [3.63, 3.8) is 0 Å². The van der Waals surface area contributed by atoms with Gasteiger partial charge in [-0.2, -0.15) is 0 Å². The van der Waals surface area contributed by atoms with Gasteiger partial charge in [-0.25, -0.2) is 0 Å². The Bertz CT molecular complexity index is 1150. The molecule has 6 heteroatoms. The summed E-state index contributed by atoms with van der Waals surface area (Å²) in [5, 5.41) is 6.07. The molecular weight excluding hydrogens is 411 g/mol. The van der Waals surface area contributed by atoms with Gasteiger partial charge in [-0.1, -0.05) is 53.2 Å². The van der Waals surface area contributed by atoms with Crippen LogP contribution in [-0.2, 0) is 7.05 Å². The number of hydrogen-bond acceptors (Lipinski definition) is 2. The van der Waals surface area contributed by atoms with Crippen molar-refractivity contribution in [2.24, 2.45) is 7.05 Å². The van der Waals surface area contributed by atoms with E-state index < -0.39 is 0 Å². The van der Waals surface area contributed by atoms with Crippen LogP contribution in [0.3, 0.4) is 0 Å². The molecule has 140 valence electrons. The third kappa shape index (κ3) is 3.76. The number of benzene rings is 3. The molecule has 0 saturated carbocycles. The van der Waals surface area contributed by atoms with E-state index in [4.69, 9.17) is 23.2 Å². The summed E-state index contributed by atoms with van der Waals surface area (Å²) in [6.07, 6.45) is 0. The number of carbonyl (C=O) groups is 1. The summed E-state index contributed by atoms with van der Waals surface area (Å²) in [4.78, 5) is 14.2. The summed E-state index contributed by atoms with van der Waals surface area (Å²) in [7, 11) is 1.97. The van der Waals surface area contributed by atoms with Gasteiger partial charge in [0.25, 0.3) is 5.91 Å². The van der Waals surface area contributed by atoms with E-state index in [1.54, 1.807) is 24.3 Å². The zero-order valence-corrected chi connectivity index (χ0v) is 17.3. The first kappa shape index (κ1) is 18.9. The minimum absolute atomic E-state index is 0.157. The highest BCUT2D eigenvalue weighted by Crippen LogP contribution is 2.37. The predicted molar refractivity (Wildman–Crippen MR) is 118 cm³/mol. The third-order valence-corrected chi connectivity index (χ3v) is 6.09. The first-order valence-corrected chi connectivity index (χ1v) is 10.2. The Balaban J connectivity index is 1.77. The van der Waals surface area contributed by atoms with Crippen LogP contribution in [0.1, 0.15) is 10.4 Å². The summed E-state index contributed by atoms with van der Waals surface area (Å²) in [6.45, 7) is 0. The lowest BCUT2D eigenvalue weighted by atomic mass is 10.1. The maximum atomic E-state index is 13.2. The number of nitrogens with zero attached hydrogens (tertiary/aromatic N) is 1. The smallest absolute Gasteiger partial charge is 0.259 e. The Morgan fingerprint density at radius 1 is 0.893 bits per heavy atom. The molecule has 0 fully saturated rings. The SMILES string of the molecule is Cn1c(Sc2ccc(Cl)cc2)c(C(=O)Nc2ccc(Cl)cc2)c2ccccc21. The molecule has 28 heavy (non-hydrogen) atoms. The summed E-state index contributed by atoms with van der Waals surface area (Å²) in [6, 6.07) is 22.6. The van der Waals surface area contributed by atoms with Gasteiger partial charge < -0.3 is 9.88 Å². The van der Waals surface area contributed by atoms with Crippen LogP contribution < -0.4 is 5.32 Å². The number of rotatable bonds is 4. The van der Waals surface area contributed by atoms with Crippen LogP contribution in [0.5, 0.6) is 0 Å². The fourth-order valence-corrected chi connectivity index (χ4v) is 4.34. The molecule has 0 spiro atoms. The van der Waals surface area contributed by atoms with Gasteiger partial charge in [-0.15, -0.1) is 0 Å². The van der Waals surface area contributed by atoms with Crippen molar-refractivity contribution in [2.75, 3.05) is 5.32 Å². The lowest BCUT2D eigenvalue weighted by Gasteiger charge is -2.09. The zero-order valence-electron chi connectivity index (χ0n) is 14.9. The van der Waals surface area contributed by atoms with E-state index in [9.17, 15) is 4.79 Å². The molecule has 1 aromatic heterocycles. The number of anilines is 1. The van der Waals surface area contributed by atoms with Gasteiger partial charge in [0.15, 0.2) is 0 Å². The quantitative estimate of drug-likeness (QED) is 0.385. The second-order valence-electron chi connectivity index (χ2n) is 6.27. The molecule has 0 radical (unpaired) electrons. The van der Waals surface area contributed by atoms with E-state index in [0.29, 0.717) is 21.3 Å². The molecule has 4 aromatic rings. The molecule has 3 aromatic carbocycles. The average Bonchev–Trinajstić information content (AvgIpc) is 2.98. The Kier molecular flexibility index (Phi) is 5.36. The van der Waals surface area contributed by atoms with Crippen LogP contribution in [0.25, 0.3) is 10.9 Å². The van der Waals surface area contributed by atoms with Gasteiger partial charge in [-0.3, -0.25) is 4.79 Å². The number of aromatic nitrogens is 1.